The van der Waals surface area contributed by atoms with Gasteiger partial charge in [-0.3, -0.25) is 4.79 Å². The van der Waals surface area contributed by atoms with Gasteiger partial charge in [0.1, 0.15) is 10.7 Å². The highest BCUT2D eigenvalue weighted by atomic mass is 79.9. The molecule has 2 heterocycles. The summed E-state index contributed by atoms with van der Waals surface area (Å²) in [6, 6.07) is 12.6. The monoisotopic (exact) mass is 465 g/mol. The van der Waals surface area contributed by atoms with Crippen LogP contribution < -0.4 is 5.32 Å². The van der Waals surface area contributed by atoms with Crippen LogP contribution in [0.3, 0.4) is 0 Å². The molecule has 0 radical (unpaired) electrons. The zero-order valence-corrected chi connectivity index (χ0v) is 17.0. The number of carbonyl (C=O) groups is 1. The molecule has 4 nitrogen and oxygen atoms in total. The van der Waals surface area contributed by atoms with Crippen molar-refractivity contribution in [3.05, 3.63) is 74.6 Å². The van der Waals surface area contributed by atoms with Crippen LogP contribution in [-0.4, -0.2) is 14.3 Å². The van der Waals surface area contributed by atoms with E-state index in [0.29, 0.717) is 14.9 Å². The maximum atomic E-state index is 14.4. The topological polar surface area (TPSA) is 63.2 Å². The fourth-order valence-corrected chi connectivity index (χ4v) is 6.46. The number of benzene rings is 2. The molecule has 4 rings (SSSR count). The molecule has 0 aliphatic carbocycles. The van der Waals surface area contributed by atoms with Gasteiger partial charge in [-0.1, -0.05) is 34.1 Å². The Morgan fingerprint density at radius 1 is 1.15 bits per heavy atom. The first-order valence-electron chi connectivity index (χ1n) is 8.04. The highest BCUT2D eigenvalue weighted by Gasteiger charge is 2.35. The third-order valence-corrected chi connectivity index (χ3v) is 7.96. The average Bonchev–Trinajstić information content (AvgIpc) is 3.08. The van der Waals surface area contributed by atoms with Crippen molar-refractivity contribution in [1.82, 2.24) is 0 Å². The lowest BCUT2D eigenvalue weighted by Crippen LogP contribution is -2.24. The third-order valence-electron chi connectivity index (χ3n) is 4.43. The van der Waals surface area contributed by atoms with E-state index in [4.69, 9.17) is 0 Å². The Hall–Kier alpha value is -2.03. The first-order valence-corrected chi connectivity index (χ1v) is 11.2. The van der Waals surface area contributed by atoms with E-state index in [9.17, 15) is 17.6 Å². The molecular weight excluding hydrogens is 453 g/mol. The van der Waals surface area contributed by atoms with Crippen molar-refractivity contribution < 1.29 is 17.6 Å². The second kappa shape index (κ2) is 6.85. The summed E-state index contributed by atoms with van der Waals surface area (Å²) in [7, 11) is -3.79. The van der Waals surface area contributed by atoms with Gasteiger partial charge >= 0.3 is 0 Å². The maximum Gasteiger partial charge on any atom is 0.225 e. The molecule has 1 aliphatic rings. The zero-order valence-electron chi connectivity index (χ0n) is 13.8. The van der Waals surface area contributed by atoms with Gasteiger partial charge in [-0.2, -0.15) is 0 Å². The van der Waals surface area contributed by atoms with E-state index in [-0.39, 0.29) is 27.8 Å². The minimum Gasteiger partial charge on any atom is -0.324 e. The Morgan fingerprint density at radius 3 is 2.63 bits per heavy atom. The number of hydrogen-bond acceptors (Lipinski definition) is 4. The highest BCUT2D eigenvalue weighted by Crippen LogP contribution is 2.46. The van der Waals surface area contributed by atoms with Crippen molar-refractivity contribution in [2.75, 3.05) is 5.32 Å². The van der Waals surface area contributed by atoms with Crippen LogP contribution in [0.4, 0.5) is 10.1 Å². The van der Waals surface area contributed by atoms with Crippen molar-refractivity contribution in [3.63, 3.8) is 0 Å². The SMILES string of the molecule is O=C1C[C@H](c2cc(Br)ccc2F)c2scc(S(=O)(=O)c3ccccc3)c2N1. The van der Waals surface area contributed by atoms with E-state index < -0.39 is 21.6 Å². The van der Waals surface area contributed by atoms with E-state index in [2.05, 4.69) is 21.2 Å². The van der Waals surface area contributed by atoms with Gasteiger partial charge < -0.3 is 5.32 Å². The van der Waals surface area contributed by atoms with E-state index in [1.807, 2.05) is 0 Å². The molecule has 1 aromatic heterocycles. The Labute approximate surface area is 168 Å². The third kappa shape index (κ3) is 3.22. The lowest BCUT2D eigenvalue weighted by atomic mass is 9.90. The van der Waals surface area contributed by atoms with Gasteiger partial charge in [0.05, 0.1) is 10.6 Å². The molecule has 1 aliphatic heterocycles. The molecular formula is C19H13BrFNO3S2. The molecule has 3 aromatic rings. The largest absolute Gasteiger partial charge is 0.324 e. The summed E-state index contributed by atoms with van der Waals surface area (Å²) in [5, 5.41) is 4.19. The second-order valence-corrected chi connectivity index (χ2v) is 9.87. The van der Waals surface area contributed by atoms with E-state index in [1.54, 1.807) is 30.3 Å². The van der Waals surface area contributed by atoms with Crippen LogP contribution in [0.5, 0.6) is 0 Å². The van der Waals surface area contributed by atoms with Crippen LogP contribution >= 0.6 is 27.3 Å². The van der Waals surface area contributed by atoms with Crippen LogP contribution in [0.15, 0.2) is 68.2 Å². The summed E-state index contributed by atoms with van der Waals surface area (Å²) in [6.07, 6.45) is 0.0612. The minimum absolute atomic E-state index is 0.0437. The molecule has 8 heteroatoms. The van der Waals surface area contributed by atoms with Crippen molar-refractivity contribution in [1.29, 1.82) is 0 Å². The summed E-state index contributed by atoms with van der Waals surface area (Å²) in [4.78, 5) is 13.1. The molecule has 0 saturated heterocycles. The van der Waals surface area contributed by atoms with Crippen molar-refractivity contribution >= 4 is 48.7 Å². The molecule has 1 N–H and O–H groups in total. The molecule has 27 heavy (non-hydrogen) atoms. The molecule has 1 atom stereocenters. The average molecular weight is 466 g/mol. The number of nitrogens with one attached hydrogen (secondary N) is 1. The second-order valence-electron chi connectivity index (χ2n) is 6.13. The molecule has 138 valence electrons. The van der Waals surface area contributed by atoms with Crippen LogP contribution in [0.25, 0.3) is 0 Å². The standard InChI is InChI=1S/C19H13BrFNO3S2/c20-11-6-7-15(21)13(8-11)14-9-17(23)22-18-16(10-26-19(14)18)27(24,25)12-4-2-1-3-5-12/h1-8,10,14H,9H2,(H,22,23)/t14-/m1/s1. The number of carbonyl (C=O) groups excluding carboxylic acids is 1. The number of amides is 1. The van der Waals surface area contributed by atoms with Gasteiger partial charge in [0.25, 0.3) is 0 Å². The van der Waals surface area contributed by atoms with Gasteiger partial charge in [-0.05, 0) is 35.9 Å². The van der Waals surface area contributed by atoms with Gasteiger partial charge in [0, 0.05) is 27.1 Å². The van der Waals surface area contributed by atoms with Gasteiger partial charge in [-0.15, -0.1) is 11.3 Å². The Kier molecular flexibility index (Phi) is 4.65. The van der Waals surface area contributed by atoms with E-state index in [1.165, 1.54) is 34.9 Å². The lowest BCUT2D eigenvalue weighted by molar-refractivity contribution is -0.116. The summed E-state index contributed by atoms with van der Waals surface area (Å²) >= 11 is 4.54. The number of rotatable bonds is 3. The molecule has 1 amide bonds. The predicted octanol–water partition coefficient (Wildman–Crippen LogP) is 4.96. The minimum atomic E-state index is -3.79. The zero-order chi connectivity index (χ0) is 19.2. The first kappa shape index (κ1) is 18.3. The predicted molar refractivity (Wildman–Crippen MR) is 105 cm³/mol. The number of halogens is 2. The quantitative estimate of drug-likeness (QED) is 0.594. The van der Waals surface area contributed by atoms with Crippen molar-refractivity contribution in [2.24, 2.45) is 0 Å². The van der Waals surface area contributed by atoms with Crippen molar-refractivity contribution in [3.8, 4) is 0 Å². The summed E-state index contributed by atoms with van der Waals surface area (Å²) in [5.41, 5.74) is 0.621. The molecule has 0 fully saturated rings. The Morgan fingerprint density at radius 2 is 1.89 bits per heavy atom. The van der Waals surface area contributed by atoms with Crippen LogP contribution in [0.2, 0.25) is 0 Å². The molecule has 0 saturated carbocycles. The molecule has 0 unspecified atom stereocenters. The molecule has 0 spiro atoms. The fourth-order valence-electron chi connectivity index (χ4n) is 3.16. The normalized spacial score (nSPS) is 16.7. The number of hydrogen-bond donors (Lipinski definition) is 1. The van der Waals surface area contributed by atoms with Crippen LogP contribution in [-0.2, 0) is 14.6 Å². The smallest absolute Gasteiger partial charge is 0.225 e. The summed E-state index contributed by atoms with van der Waals surface area (Å²) < 4.78 is 41.1. The highest BCUT2D eigenvalue weighted by molar-refractivity contribution is 9.10. The number of fused-ring (bicyclic) bond motifs is 1. The first-order chi connectivity index (χ1) is 12.9. The fraction of sp³-hybridized carbons (Fsp3) is 0.105. The summed E-state index contributed by atoms with van der Waals surface area (Å²) in [5.74, 6) is -1.30. The van der Waals surface area contributed by atoms with Crippen LogP contribution in [0, 0.1) is 5.82 Å². The van der Waals surface area contributed by atoms with Crippen LogP contribution in [0.1, 0.15) is 22.8 Å². The van der Waals surface area contributed by atoms with E-state index >= 15 is 0 Å². The number of anilines is 1. The van der Waals surface area contributed by atoms with Gasteiger partial charge in [0.15, 0.2) is 0 Å². The van der Waals surface area contributed by atoms with E-state index in [0.717, 1.165) is 0 Å². The number of sulfone groups is 1. The summed E-state index contributed by atoms with van der Waals surface area (Å²) in [6.45, 7) is 0. The van der Waals surface area contributed by atoms with Crippen molar-refractivity contribution in [2.45, 2.75) is 22.1 Å². The maximum absolute atomic E-state index is 14.4. The molecule has 0 bridgehead atoms. The van der Waals surface area contributed by atoms with Gasteiger partial charge in [-0.25, -0.2) is 12.8 Å². The molecule has 2 aromatic carbocycles. The lowest BCUT2D eigenvalue weighted by Gasteiger charge is -2.24. The Balaban J connectivity index is 1.87. The number of thiophene rings is 1. The van der Waals surface area contributed by atoms with Gasteiger partial charge in [0.2, 0.25) is 15.7 Å². The Bertz CT molecular complexity index is 1140.